The third-order valence-corrected chi connectivity index (χ3v) is 3.78. The quantitative estimate of drug-likeness (QED) is 0.710. The number of hydrogen-bond donors (Lipinski definition) is 2. The molecule has 0 aliphatic heterocycles. The van der Waals surface area contributed by atoms with E-state index in [4.69, 9.17) is 0 Å². The van der Waals surface area contributed by atoms with E-state index in [1.54, 1.807) is 12.1 Å². The molecule has 1 aromatic heterocycles. The van der Waals surface area contributed by atoms with Gasteiger partial charge in [0.2, 0.25) is 5.91 Å². The number of esters is 1. The molecule has 2 amide bonds. The molecule has 7 heteroatoms. The van der Waals surface area contributed by atoms with Gasteiger partial charge in [-0.2, -0.15) is 0 Å². The lowest BCUT2D eigenvalue weighted by Crippen LogP contribution is -2.43. The normalized spacial score (nSPS) is 11.8. The zero-order chi connectivity index (χ0) is 16.5. The Hall–Kier alpha value is -1.89. The minimum absolute atomic E-state index is 0.114. The molecule has 0 saturated carbocycles. The lowest BCUT2D eigenvalue weighted by molar-refractivity contribution is -0.145. The zero-order valence-corrected chi connectivity index (χ0v) is 13.9. The van der Waals surface area contributed by atoms with E-state index in [9.17, 15) is 14.4 Å². The smallest absolute Gasteiger partial charge is 0.328 e. The topological polar surface area (TPSA) is 84.5 Å². The highest BCUT2D eigenvalue weighted by atomic mass is 32.1. The van der Waals surface area contributed by atoms with Crippen LogP contribution in [0.2, 0.25) is 0 Å². The van der Waals surface area contributed by atoms with Gasteiger partial charge < -0.3 is 15.4 Å². The summed E-state index contributed by atoms with van der Waals surface area (Å²) in [5.74, 6) is -0.690. The molecule has 0 aromatic carbocycles. The Labute approximate surface area is 134 Å². The molecule has 6 nitrogen and oxygen atoms in total. The number of rotatable bonds is 8. The van der Waals surface area contributed by atoms with Crippen molar-refractivity contribution >= 4 is 29.1 Å². The first-order valence-corrected chi connectivity index (χ1v) is 8.01. The molecule has 1 atom stereocenters. The number of ether oxygens (including phenoxy) is 1. The van der Waals surface area contributed by atoms with Gasteiger partial charge in [0, 0.05) is 13.0 Å². The van der Waals surface area contributed by atoms with Crippen molar-refractivity contribution in [2.24, 2.45) is 5.92 Å². The van der Waals surface area contributed by atoms with Crippen LogP contribution in [0.4, 0.5) is 0 Å². The highest BCUT2D eigenvalue weighted by Crippen LogP contribution is 2.08. The van der Waals surface area contributed by atoms with Gasteiger partial charge in [-0.1, -0.05) is 19.9 Å². The summed E-state index contributed by atoms with van der Waals surface area (Å²) in [5.41, 5.74) is 0. The Balaban J connectivity index is 2.37. The second-order valence-corrected chi connectivity index (χ2v) is 6.20. The maximum atomic E-state index is 11.9. The van der Waals surface area contributed by atoms with Crippen LogP contribution in [0.5, 0.6) is 0 Å². The summed E-state index contributed by atoms with van der Waals surface area (Å²) in [7, 11) is 1.29. The van der Waals surface area contributed by atoms with Crippen molar-refractivity contribution in [3.63, 3.8) is 0 Å². The predicted octanol–water partition coefficient (Wildman–Crippen LogP) is 1.57. The summed E-state index contributed by atoms with van der Waals surface area (Å²) in [4.78, 5) is 35.8. The van der Waals surface area contributed by atoms with Crippen molar-refractivity contribution in [2.45, 2.75) is 32.7 Å². The molecule has 1 unspecified atom stereocenters. The monoisotopic (exact) mass is 326 g/mol. The van der Waals surface area contributed by atoms with E-state index in [0.717, 1.165) is 0 Å². The number of hydrogen-bond acceptors (Lipinski definition) is 5. The average molecular weight is 326 g/mol. The SMILES string of the molecule is COC(=O)C(CC(C)C)NC(=O)CCNC(=O)c1cccs1. The van der Waals surface area contributed by atoms with Crippen LogP contribution in [0.15, 0.2) is 17.5 Å². The summed E-state index contributed by atoms with van der Waals surface area (Å²) in [6.45, 7) is 4.14. The Bertz CT molecular complexity index is 500. The van der Waals surface area contributed by atoms with Crippen molar-refractivity contribution < 1.29 is 19.1 Å². The molecule has 0 spiro atoms. The van der Waals surface area contributed by atoms with Crippen LogP contribution in [0.25, 0.3) is 0 Å². The molecule has 0 aliphatic rings. The summed E-state index contributed by atoms with van der Waals surface area (Å²) in [6.07, 6.45) is 0.628. The van der Waals surface area contributed by atoms with Gasteiger partial charge >= 0.3 is 5.97 Å². The Morgan fingerprint density at radius 2 is 2.05 bits per heavy atom. The molecule has 0 fully saturated rings. The van der Waals surface area contributed by atoms with Crippen LogP contribution in [-0.4, -0.2) is 37.5 Å². The predicted molar refractivity (Wildman–Crippen MR) is 84.7 cm³/mol. The molecule has 0 aliphatic carbocycles. The van der Waals surface area contributed by atoms with Crippen LogP contribution >= 0.6 is 11.3 Å². The second-order valence-electron chi connectivity index (χ2n) is 5.26. The minimum Gasteiger partial charge on any atom is -0.467 e. The van der Waals surface area contributed by atoms with Gasteiger partial charge in [-0.3, -0.25) is 9.59 Å². The zero-order valence-electron chi connectivity index (χ0n) is 13.0. The Morgan fingerprint density at radius 1 is 1.32 bits per heavy atom. The van der Waals surface area contributed by atoms with Gasteiger partial charge in [-0.15, -0.1) is 11.3 Å². The Kier molecular flexibility index (Phi) is 7.59. The van der Waals surface area contributed by atoms with E-state index >= 15 is 0 Å². The molecular weight excluding hydrogens is 304 g/mol. The van der Waals surface area contributed by atoms with E-state index in [1.807, 2.05) is 19.2 Å². The van der Waals surface area contributed by atoms with Crippen LogP contribution in [0.3, 0.4) is 0 Å². The van der Waals surface area contributed by atoms with Crippen molar-refractivity contribution in [2.75, 3.05) is 13.7 Å². The highest BCUT2D eigenvalue weighted by molar-refractivity contribution is 7.12. The number of methoxy groups -OCH3 is 1. The largest absolute Gasteiger partial charge is 0.467 e. The minimum atomic E-state index is -0.648. The number of amides is 2. The molecule has 0 saturated heterocycles. The van der Waals surface area contributed by atoms with Crippen molar-refractivity contribution in [1.82, 2.24) is 10.6 Å². The van der Waals surface area contributed by atoms with Crippen molar-refractivity contribution in [3.8, 4) is 0 Å². The number of thiophene rings is 1. The van der Waals surface area contributed by atoms with Gasteiger partial charge in [0.05, 0.1) is 12.0 Å². The third-order valence-electron chi connectivity index (χ3n) is 2.91. The molecule has 1 heterocycles. The van der Waals surface area contributed by atoms with Gasteiger partial charge in [0.1, 0.15) is 6.04 Å². The fraction of sp³-hybridized carbons (Fsp3) is 0.533. The number of carbonyl (C=O) groups is 3. The first kappa shape index (κ1) is 18.2. The summed E-state index contributed by atoms with van der Waals surface area (Å²) in [6, 6.07) is 2.86. The van der Waals surface area contributed by atoms with E-state index in [-0.39, 0.29) is 30.7 Å². The van der Waals surface area contributed by atoms with Crippen LogP contribution in [0, 0.1) is 5.92 Å². The van der Waals surface area contributed by atoms with E-state index in [1.165, 1.54) is 18.4 Å². The van der Waals surface area contributed by atoms with Crippen LogP contribution in [-0.2, 0) is 14.3 Å². The van der Waals surface area contributed by atoms with E-state index in [2.05, 4.69) is 15.4 Å². The lowest BCUT2D eigenvalue weighted by Gasteiger charge is -2.18. The third kappa shape index (κ3) is 6.26. The lowest BCUT2D eigenvalue weighted by atomic mass is 10.0. The number of carbonyl (C=O) groups excluding carboxylic acids is 3. The molecule has 1 aromatic rings. The fourth-order valence-corrected chi connectivity index (χ4v) is 2.52. The van der Waals surface area contributed by atoms with Gasteiger partial charge in [-0.05, 0) is 23.8 Å². The highest BCUT2D eigenvalue weighted by Gasteiger charge is 2.22. The first-order valence-electron chi connectivity index (χ1n) is 7.13. The van der Waals surface area contributed by atoms with Gasteiger partial charge in [-0.25, -0.2) is 4.79 Å². The van der Waals surface area contributed by atoms with Crippen molar-refractivity contribution in [3.05, 3.63) is 22.4 Å². The maximum Gasteiger partial charge on any atom is 0.328 e. The molecular formula is C15H22N2O4S. The summed E-state index contributed by atoms with van der Waals surface area (Å²) < 4.78 is 4.68. The summed E-state index contributed by atoms with van der Waals surface area (Å²) >= 11 is 1.34. The molecule has 0 bridgehead atoms. The van der Waals surface area contributed by atoms with Crippen LogP contribution in [0.1, 0.15) is 36.4 Å². The molecule has 1 rings (SSSR count). The average Bonchev–Trinajstić information content (AvgIpc) is 2.99. The van der Waals surface area contributed by atoms with Gasteiger partial charge in [0.15, 0.2) is 0 Å². The fourth-order valence-electron chi connectivity index (χ4n) is 1.88. The summed E-state index contributed by atoms with van der Waals surface area (Å²) in [5, 5.41) is 7.13. The second kappa shape index (κ2) is 9.19. The van der Waals surface area contributed by atoms with Crippen molar-refractivity contribution in [1.29, 1.82) is 0 Å². The standard InChI is InChI=1S/C15H22N2O4S/c1-10(2)9-11(15(20)21-3)17-13(18)6-7-16-14(19)12-5-4-8-22-12/h4-5,8,10-11H,6-7,9H2,1-3H3,(H,16,19)(H,17,18). The van der Waals surface area contributed by atoms with Gasteiger partial charge in [0.25, 0.3) is 5.91 Å². The number of nitrogens with one attached hydrogen (secondary N) is 2. The van der Waals surface area contributed by atoms with Crippen LogP contribution < -0.4 is 10.6 Å². The molecule has 0 radical (unpaired) electrons. The van der Waals surface area contributed by atoms with E-state index < -0.39 is 12.0 Å². The molecule has 2 N–H and O–H groups in total. The molecule has 122 valence electrons. The first-order chi connectivity index (χ1) is 10.4. The molecule has 22 heavy (non-hydrogen) atoms. The maximum absolute atomic E-state index is 11.9. The Morgan fingerprint density at radius 3 is 2.59 bits per heavy atom. The van der Waals surface area contributed by atoms with E-state index in [0.29, 0.717) is 11.3 Å².